The molecule has 1 heterocycles. The zero-order chi connectivity index (χ0) is 16.2. The maximum absolute atomic E-state index is 13.1. The van der Waals surface area contributed by atoms with Crippen LogP contribution in [0.2, 0.25) is 0 Å². The van der Waals surface area contributed by atoms with E-state index >= 15 is 0 Å². The predicted octanol–water partition coefficient (Wildman–Crippen LogP) is 3.45. The topological polar surface area (TPSA) is 33.7 Å². The molecule has 1 N–H and O–H groups in total. The Kier molecular flexibility index (Phi) is 9.80. The number of piperazine rings is 1. The summed E-state index contributed by atoms with van der Waals surface area (Å²) in [6.07, 6.45) is -5.15. The second kappa shape index (κ2) is 10.2. The van der Waals surface area contributed by atoms with Gasteiger partial charge in [0, 0.05) is 37.8 Å². The van der Waals surface area contributed by atoms with Gasteiger partial charge in [0.2, 0.25) is 0 Å². The van der Waals surface area contributed by atoms with E-state index in [4.69, 9.17) is 9.47 Å². The maximum Gasteiger partial charge on any atom is 0.390 e. The lowest BCUT2D eigenvalue weighted by Crippen LogP contribution is -2.46. The van der Waals surface area contributed by atoms with Crippen molar-refractivity contribution in [2.24, 2.45) is 0 Å². The molecule has 4 nitrogen and oxygen atoms in total. The van der Waals surface area contributed by atoms with Crippen LogP contribution in [0, 0.1) is 0 Å². The minimum Gasteiger partial charge on any atom is -0.497 e. The molecule has 0 amide bonds. The predicted molar refractivity (Wildman–Crippen MR) is 91.9 cm³/mol. The van der Waals surface area contributed by atoms with Crippen molar-refractivity contribution in [2.45, 2.75) is 18.6 Å². The molecule has 1 saturated heterocycles. The Bertz CT molecular complexity index is 498. The molecule has 2 rings (SSSR count). The van der Waals surface area contributed by atoms with Crippen molar-refractivity contribution in [3.63, 3.8) is 0 Å². The molecule has 0 bridgehead atoms. The SMILES string of the molecule is COc1ccc(OC)c([C@@H](CC(F)(F)F)N2CCNCC2)c1.Cl.Cl. The Morgan fingerprint density at radius 2 is 1.75 bits per heavy atom. The van der Waals surface area contributed by atoms with Crippen LogP contribution >= 0.6 is 24.8 Å². The zero-order valence-electron chi connectivity index (χ0n) is 13.6. The van der Waals surface area contributed by atoms with Crippen LogP contribution in [-0.4, -0.2) is 51.5 Å². The fourth-order valence-corrected chi connectivity index (χ4v) is 2.75. The molecular formula is C15H23Cl2F3N2O2. The van der Waals surface area contributed by atoms with Gasteiger partial charge in [-0.2, -0.15) is 13.2 Å². The first kappa shape index (κ1) is 23.1. The summed E-state index contributed by atoms with van der Waals surface area (Å²) in [6, 6.07) is 4.20. The number of ether oxygens (including phenoxy) is 2. The van der Waals surface area contributed by atoms with Gasteiger partial charge >= 0.3 is 6.18 Å². The lowest BCUT2D eigenvalue weighted by atomic mass is 9.99. The minimum absolute atomic E-state index is 0. The van der Waals surface area contributed by atoms with Gasteiger partial charge in [0.1, 0.15) is 11.5 Å². The van der Waals surface area contributed by atoms with Crippen molar-refractivity contribution in [2.75, 3.05) is 40.4 Å². The highest BCUT2D eigenvalue weighted by Gasteiger charge is 2.37. The third kappa shape index (κ3) is 6.20. The summed E-state index contributed by atoms with van der Waals surface area (Å²) in [5.74, 6) is 0.978. The number of hydrogen-bond donors (Lipinski definition) is 1. The Labute approximate surface area is 152 Å². The molecule has 0 unspecified atom stereocenters. The molecule has 0 spiro atoms. The average Bonchev–Trinajstić information content (AvgIpc) is 2.52. The molecule has 24 heavy (non-hydrogen) atoms. The van der Waals surface area contributed by atoms with Gasteiger partial charge in [-0.3, -0.25) is 4.90 Å². The second-order valence-electron chi connectivity index (χ2n) is 5.23. The Balaban J connectivity index is 0.00000264. The third-order valence-electron chi connectivity index (χ3n) is 3.81. The van der Waals surface area contributed by atoms with Crippen LogP contribution < -0.4 is 14.8 Å². The number of halogens is 5. The molecule has 1 aliphatic rings. The minimum atomic E-state index is -4.25. The van der Waals surface area contributed by atoms with E-state index in [0.29, 0.717) is 43.2 Å². The molecule has 140 valence electrons. The highest BCUT2D eigenvalue weighted by molar-refractivity contribution is 5.85. The van der Waals surface area contributed by atoms with Crippen LogP contribution in [0.3, 0.4) is 0 Å². The molecular weight excluding hydrogens is 368 g/mol. The summed E-state index contributed by atoms with van der Waals surface area (Å²) in [5, 5.41) is 3.16. The number of rotatable bonds is 5. The number of nitrogens with one attached hydrogen (secondary N) is 1. The molecule has 0 saturated carbocycles. The summed E-state index contributed by atoms with van der Waals surface area (Å²) in [6.45, 7) is 2.50. The first-order chi connectivity index (χ1) is 10.4. The number of methoxy groups -OCH3 is 2. The van der Waals surface area contributed by atoms with Crippen LogP contribution in [0.15, 0.2) is 18.2 Å². The normalized spacial score (nSPS) is 16.5. The quantitative estimate of drug-likeness (QED) is 0.834. The van der Waals surface area contributed by atoms with Gasteiger partial charge in [0.25, 0.3) is 0 Å². The van der Waals surface area contributed by atoms with Gasteiger partial charge < -0.3 is 14.8 Å². The number of alkyl halides is 3. The highest BCUT2D eigenvalue weighted by Crippen LogP contribution is 2.39. The first-order valence-corrected chi connectivity index (χ1v) is 7.18. The molecule has 1 atom stereocenters. The summed E-state index contributed by atoms with van der Waals surface area (Å²) < 4.78 is 49.6. The van der Waals surface area contributed by atoms with Gasteiger partial charge in [-0.15, -0.1) is 24.8 Å². The van der Waals surface area contributed by atoms with E-state index in [1.54, 1.807) is 18.2 Å². The van der Waals surface area contributed by atoms with Gasteiger partial charge in [-0.05, 0) is 18.2 Å². The Morgan fingerprint density at radius 1 is 1.12 bits per heavy atom. The van der Waals surface area contributed by atoms with E-state index in [1.807, 2.05) is 4.90 Å². The van der Waals surface area contributed by atoms with E-state index < -0.39 is 18.6 Å². The highest BCUT2D eigenvalue weighted by atomic mass is 35.5. The number of benzene rings is 1. The van der Waals surface area contributed by atoms with Crippen LogP contribution in [-0.2, 0) is 0 Å². The van der Waals surface area contributed by atoms with E-state index in [2.05, 4.69) is 5.32 Å². The van der Waals surface area contributed by atoms with Gasteiger partial charge in [-0.1, -0.05) is 0 Å². The standard InChI is InChI=1S/C15H21F3N2O2.2ClH/c1-21-11-3-4-14(22-2)12(9-11)13(10-15(16,17)18)20-7-5-19-6-8-20;;/h3-4,9,13,19H,5-8,10H2,1-2H3;2*1H/t13-;;/m1../s1. The lowest BCUT2D eigenvalue weighted by Gasteiger charge is -2.36. The largest absolute Gasteiger partial charge is 0.497 e. The van der Waals surface area contributed by atoms with Crippen molar-refractivity contribution in [1.29, 1.82) is 0 Å². The fraction of sp³-hybridized carbons (Fsp3) is 0.600. The van der Waals surface area contributed by atoms with Crippen molar-refractivity contribution in [3.05, 3.63) is 23.8 Å². The van der Waals surface area contributed by atoms with Crippen LogP contribution in [0.1, 0.15) is 18.0 Å². The van der Waals surface area contributed by atoms with Gasteiger partial charge in [0.15, 0.2) is 0 Å². The second-order valence-corrected chi connectivity index (χ2v) is 5.23. The molecule has 1 fully saturated rings. The Morgan fingerprint density at radius 3 is 2.25 bits per heavy atom. The molecule has 9 heteroatoms. The monoisotopic (exact) mass is 390 g/mol. The number of nitrogens with zero attached hydrogens (tertiary/aromatic N) is 1. The van der Waals surface area contributed by atoms with E-state index in [9.17, 15) is 13.2 Å². The van der Waals surface area contributed by atoms with Crippen molar-refractivity contribution < 1.29 is 22.6 Å². The van der Waals surface area contributed by atoms with Crippen LogP contribution in [0.4, 0.5) is 13.2 Å². The summed E-state index contributed by atoms with van der Waals surface area (Å²) in [4.78, 5) is 1.85. The molecule has 1 aliphatic heterocycles. The molecule has 1 aromatic carbocycles. The Hall–Kier alpha value is -0.890. The summed E-state index contributed by atoms with van der Waals surface area (Å²) in [7, 11) is 2.96. The first-order valence-electron chi connectivity index (χ1n) is 7.18. The fourth-order valence-electron chi connectivity index (χ4n) is 2.75. The molecule has 0 aromatic heterocycles. The summed E-state index contributed by atoms with van der Waals surface area (Å²) in [5.41, 5.74) is 0.515. The zero-order valence-corrected chi connectivity index (χ0v) is 15.2. The molecule has 0 radical (unpaired) electrons. The van der Waals surface area contributed by atoms with E-state index in [1.165, 1.54) is 14.2 Å². The number of hydrogen-bond acceptors (Lipinski definition) is 4. The molecule has 0 aliphatic carbocycles. The van der Waals surface area contributed by atoms with Gasteiger partial charge in [0.05, 0.1) is 20.6 Å². The average molecular weight is 391 g/mol. The maximum atomic E-state index is 13.1. The summed E-state index contributed by atoms with van der Waals surface area (Å²) >= 11 is 0. The van der Waals surface area contributed by atoms with Crippen molar-refractivity contribution in [1.82, 2.24) is 10.2 Å². The molecule has 1 aromatic rings. The van der Waals surface area contributed by atoms with Crippen molar-refractivity contribution in [3.8, 4) is 11.5 Å². The van der Waals surface area contributed by atoms with E-state index in [0.717, 1.165) is 0 Å². The van der Waals surface area contributed by atoms with Crippen LogP contribution in [0.25, 0.3) is 0 Å². The van der Waals surface area contributed by atoms with E-state index in [-0.39, 0.29) is 24.8 Å². The third-order valence-corrected chi connectivity index (χ3v) is 3.81. The van der Waals surface area contributed by atoms with Gasteiger partial charge in [-0.25, -0.2) is 0 Å². The lowest BCUT2D eigenvalue weighted by molar-refractivity contribution is -0.148. The smallest absolute Gasteiger partial charge is 0.390 e. The van der Waals surface area contributed by atoms with Crippen LogP contribution in [0.5, 0.6) is 11.5 Å². The van der Waals surface area contributed by atoms with Crippen molar-refractivity contribution >= 4 is 24.8 Å².